The van der Waals surface area contributed by atoms with Crippen LogP contribution in [0.2, 0.25) is 0 Å². The molecule has 1 aliphatic carbocycles. The monoisotopic (exact) mass is 386 g/mol. The Morgan fingerprint density at radius 1 is 1.00 bits per heavy atom. The zero-order chi connectivity index (χ0) is 19.8. The van der Waals surface area contributed by atoms with E-state index in [0.717, 1.165) is 18.8 Å². The first-order chi connectivity index (χ1) is 13.0. The third kappa shape index (κ3) is 6.28. The summed E-state index contributed by atoms with van der Waals surface area (Å²) in [6, 6.07) is 0. The van der Waals surface area contributed by atoms with E-state index >= 15 is 0 Å². The van der Waals surface area contributed by atoms with Gasteiger partial charge in [-0.25, -0.2) is 8.78 Å². The molecule has 0 aromatic rings. The molecule has 0 aromatic carbocycles. The maximum absolute atomic E-state index is 14.3. The topological polar surface area (TPSA) is 27.7 Å². The highest BCUT2D eigenvalue weighted by atomic mass is 19.2. The van der Waals surface area contributed by atoms with Gasteiger partial charge in [0.2, 0.25) is 0 Å². The summed E-state index contributed by atoms with van der Waals surface area (Å²) >= 11 is 0. The second kappa shape index (κ2) is 11.2. The summed E-state index contributed by atoms with van der Waals surface area (Å²) in [6.07, 6.45) is 9.09. The number of hydrogen-bond donors (Lipinski definition) is 0. The van der Waals surface area contributed by atoms with E-state index in [-0.39, 0.29) is 18.5 Å². The first kappa shape index (κ1) is 22.4. The van der Waals surface area contributed by atoms with Crippen molar-refractivity contribution in [2.75, 3.05) is 20.3 Å². The van der Waals surface area contributed by atoms with Crippen LogP contribution in [0.5, 0.6) is 0 Å². The Morgan fingerprint density at radius 3 is 2.22 bits per heavy atom. The summed E-state index contributed by atoms with van der Waals surface area (Å²) < 4.78 is 44.9. The first-order valence-corrected chi connectivity index (χ1v) is 10.5. The van der Waals surface area contributed by atoms with Crippen molar-refractivity contribution in [3.63, 3.8) is 0 Å². The molecule has 1 saturated heterocycles. The Hall–Kier alpha value is -0.940. The van der Waals surface area contributed by atoms with Crippen LogP contribution in [0.25, 0.3) is 0 Å². The molecule has 2 fully saturated rings. The minimum Gasteiger partial charge on any atom is -0.498 e. The summed E-state index contributed by atoms with van der Waals surface area (Å²) in [5.74, 6) is -0.292. The van der Waals surface area contributed by atoms with Gasteiger partial charge in [-0.3, -0.25) is 0 Å². The normalized spacial score (nSPS) is 31.2. The number of hydrogen-bond acceptors (Lipinski definition) is 3. The Kier molecular flexibility index (Phi) is 9.24. The predicted molar refractivity (Wildman–Crippen MR) is 104 cm³/mol. The summed E-state index contributed by atoms with van der Waals surface area (Å²) in [7, 11) is 1.33. The molecule has 0 amide bonds. The zero-order valence-electron chi connectivity index (χ0n) is 17.4. The largest absolute Gasteiger partial charge is 0.498 e. The van der Waals surface area contributed by atoms with Crippen LogP contribution in [0.3, 0.4) is 0 Å². The van der Waals surface area contributed by atoms with Crippen molar-refractivity contribution in [3.05, 3.63) is 23.0 Å². The van der Waals surface area contributed by atoms with Crippen LogP contribution in [-0.4, -0.2) is 32.5 Å². The number of allylic oxidation sites excluding steroid dienone is 3. The summed E-state index contributed by atoms with van der Waals surface area (Å²) in [4.78, 5) is 0. The van der Waals surface area contributed by atoms with Crippen LogP contribution < -0.4 is 0 Å². The van der Waals surface area contributed by atoms with Crippen LogP contribution >= 0.6 is 0 Å². The van der Waals surface area contributed by atoms with Gasteiger partial charge >= 0.3 is 0 Å². The van der Waals surface area contributed by atoms with Crippen LogP contribution in [0.15, 0.2) is 23.0 Å². The van der Waals surface area contributed by atoms with Crippen LogP contribution in [0, 0.1) is 11.8 Å². The lowest BCUT2D eigenvalue weighted by molar-refractivity contribution is -0.104. The van der Waals surface area contributed by atoms with Crippen molar-refractivity contribution in [2.24, 2.45) is 11.8 Å². The molecular formula is C22H36F2O3. The first-order valence-electron chi connectivity index (χ1n) is 10.5. The molecule has 156 valence electrons. The second-order valence-electron chi connectivity index (χ2n) is 7.92. The fourth-order valence-corrected chi connectivity index (χ4v) is 4.16. The van der Waals surface area contributed by atoms with Crippen molar-refractivity contribution in [1.29, 1.82) is 0 Å². The van der Waals surface area contributed by atoms with E-state index in [0.29, 0.717) is 30.6 Å². The van der Waals surface area contributed by atoms with Gasteiger partial charge in [-0.2, -0.15) is 0 Å². The van der Waals surface area contributed by atoms with E-state index in [4.69, 9.17) is 14.2 Å². The van der Waals surface area contributed by atoms with Gasteiger partial charge in [-0.05, 0) is 56.4 Å². The van der Waals surface area contributed by atoms with E-state index in [1.54, 1.807) is 6.92 Å². The molecule has 2 rings (SSSR count). The predicted octanol–water partition coefficient (Wildman–Crippen LogP) is 6.25. The van der Waals surface area contributed by atoms with Crippen molar-refractivity contribution in [2.45, 2.75) is 84.3 Å². The molecular weight excluding hydrogens is 350 g/mol. The Bertz CT molecular complexity index is 514. The smallest absolute Gasteiger partial charge is 0.196 e. The molecule has 2 aliphatic rings. The summed E-state index contributed by atoms with van der Waals surface area (Å²) in [5, 5.41) is 0. The molecule has 3 nitrogen and oxygen atoms in total. The molecule has 0 bridgehead atoms. The number of methoxy groups -OCH3 is 1. The number of ether oxygens (including phenoxy) is 3. The second-order valence-corrected chi connectivity index (χ2v) is 7.92. The SMILES string of the molecule is CC/C(COC1CCC(C2CCC(CC)CC2)OC1)=C(F)\C(F)=C(/C)OC. The molecule has 1 heterocycles. The average Bonchev–Trinajstić information content (AvgIpc) is 2.73. The van der Waals surface area contributed by atoms with Crippen molar-refractivity contribution >= 4 is 0 Å². The quantitative estimate of drug-likeness (QED) is 0.365. The number of halogens is 2. The molecule has 2 unspecified atom stereocenters. The van der Waals surface area contributed by atoms with E-state index in [2.05, 4.69) is 6.92 Å². The van der Waals surface area contributed by atoms with Gasteiger partial charge in [0.25, 0.3) is 0 Å². The van der Waals surface area contributed by atoms with Gasteiger partial charge < -0.3 is 14.2 Å². The molecule has 0 N–H and O–H groups in total. The molecule has 5 heteroatoms. The van der Waals surface area contributed by atoms with E-state index < -0.39 is 11.7 Å². The molecule has 1 aliphatic heterocycles. The molecule has 0 spiro atoms. The Labute approximate surface area is 163 Å². The van der Waals surface area contributed by atoms with E-state index in [9.17, 15) is 8.78 Å². The van der Waals surface area contributed by atoms with Crippen LogP contribution in [0.1, 0.15) is 72.1 Å². The third-order valence-corrected chi connectivity index (χ3v) is 6.30. The molecule has 1 saturated carbocycles. The van der Waals surface area contributed by atoms with Gasteiger partial charge in [0, 0.05) is 0 Å². The highest BCUT2D eigenvalue weighted by Crippen LogP contribution is 2.36. The highest BCUT2D eigenvalue weighted by Gasteiger charge is 2.31. The van der Waals surface area contributed by atoms with Gasteiger partial charge in [0.05, 0.1) is 32.5 Å². The average molecular weight is 387 g/mol. The minimum absolute atomic E-state index is 0.0434. The van der Waals surface area contributed by atoms with Crippen LogP contribution in [0.4, 0.5) is 8.78 Å². The van der Waals surface area contributed by atoms with Crippen molar-refractivity contribution in [3.8, 4) is 0 Å². The molecule has 27 heavy (non-hydrogen) atoms. The van der Waals surface area contributed by atoms with Crippen molar-refractivity contribution in [1.82, 2.24) is 0 Å². The van der Waals surface area contributed by atoms with E-state index in [1.807, 2.05) is 0 Å². The maximum Gasteiger partial charge on any atom is 0.196 e. The summed E-state index contributed by atoms with van der Waals surface area (Å²) in [6.45, 7) is 6.13. The minimum atomic E-state index is -0.944. The standard InChI is InChI=1S/C22H36F2O3/c1-5-16-7-9-18(10-8-16)20-12-11-19(14-27-20)26-13-17(6-2)22(24)21(23)15(3)25-4/h16,18-20H,5-14H2,1-4H3/b21-15-,22-17-. The van der Waals surface area contributed by atoms with Crippen molar-refractivity contribution < 1.29 is 23.0 Å². The van der Waals surface area contributed by atoms with Gasteiger partial charge in [0.15, 0.2) is 11.7 Å². The van der Waals surface area contributed by atoms with Crippen LogP contribution in [-0.2, 0) is 14.2 Å². The van der Waals surface area contributed by atoms with E-state index in [1.165, 1.54) is 46.1 Å². The fraction of sp³-hybridized carbons (Fsp3) is 0.818. The zero-order valence-corrected chi connectivity index (χ0v) is 17.4. The third-order valence-electron chi connectivity index (χ3n) is 6.30. The lowest BCUT2D eigenvalue weighted by atomic mass is 9.77. The molecule has 0 aromatic heterocycles. The fourth-order valence-electron chi connectivity index (χ4n) is 4.16. The Balaban J connectivity index is 1.80. The highest BCUT2D eigenvalue weighted by molar-refractivity contribution is 5.27. The lowest BCUT2D eigenvalue weighted by Crippen LogP contribution is -2.37. The van der Waals surface area contributed by atoms with Gasteiger partial charge in [0.1, 0.15) is 5.76 Å². The Morgan fingerprint density at radius 2 is 1.70 bits per heavy atom. The maximum atomic E-state index is 14.3. The van der Waals surface area contributed by atoms with Gasteiger partial charge in [-0.15, -0.1) is 0 Å². The number of rotatable bonds is 8. The molecule has 2 atom stereocenters. The lowest BCUT2D eigenvalue weighted by Gasteiger charge is -2.37. The molecule has 0 radical (unpaired) electrons. The summed E-state index contributed by atoms with van der Waals surface area (Å²) in [5.41, 5.74) is 0.323. The van der Waals surface area contributed by atoms with Gasteiger partial charge in [-0.1, -0.05) is 33.1 Å².